The van der Waals surface area contributed by atoms with Crippen molar-refractivity contribution in [1.82, 2.24) is 9.78 Å². The molecule has 0 amide bonds. The number of methoxy groups -OCH3 is 1. The summed E-state index contributed by atoms with van der Waals surface area (Å²) in [7, 11) is 1.52. The summed E-state index contributed by atoms with van der Waals surface area (Å²) in [5.74, 6) is 0.150. The van der Waals surface area contributed by atoms with Gasteiger partial charge < -0.3 is 43.0 Å². The first-order valence-corrected chi connectivity index (χ1v) is 23.1. The minimum absolute atomic E-state index is 0.00525. The molecule has 26 heteroatoms. The number of ether oxygens (including phenoxy) is 5. The van der Waals surface area contributed by atoms with Crippen molar-refractivity contribution in [2.75, 3.05) is 40.1 Å². The van der Waals surface area contributed by atoms with E-state index in [0.717, 1.165) is 18.4 Å². The molecule has 2 atom stereocenters. The molecule has 0 aliphatic carbocycles. The molecule has 5 rings (SSSR count). The van der Waals surface area contributed by atoms with Gasteiger partial charge in [-0.1, -0.05) is 43.1 Å². The summed E-state index contributed by atoms with van der Waals surface area (Å²) < 4.78 is 31.1. The van der Waals surface area contributed by atoms with Crippen LogP contribution in [0.25, 0.3) is 17.3 Å². The van der Waals surface area contributed by atoms with Crippen LogP contribution in [0, 0.1) is 40.5 Å². The molecule has 0 spiro atoms. The van der Waals surface area contributed by atoms with Crippen molar-refractivity contribution >= 4 is 29.6 Å². The zero-order valence-electron chi connectivity index (χ0n) is 39.3. The maximum atomic E-state index is 14.2. The molecule has 2 heterocycles. The molecule has 1 aliphatic rings. The lowest BCUT2D eigenvalue weighted by Crippen LogP contribution is -2.24. The summed E-state index contributed by atoms with van der Waals surface area (Å²) in [6.07, 6.45) is 4.19. The molecule has 1 aliphatic heterocycles. The highest BCUT2D eigenvalue weighted by molar-refractivity contribution is 6.30. The lowest BCUT2D eigenvalue weighted by atomic mass is 9.98. The number of fused-ring (bicyclic) bond motifs is 1. The van der Waals surface area contributed by atoms with Gasteiger partial charge in [-0.25, -0.2) is 9.59 Å². The fourth-order valence-corrected chi connectivity index (χ4v) is 7.71. The number of carbonyl (C=O) groups excluding carboxylic acids is 2. The quantitative estimate of drug-likeness (QED) is 0.0145. The van der Waals surface area contributed by atoms with Gasteiger partial charge in [0.15, 0.2) is 0 Å². The number of rotatable bonds is 33. The number of aromatic nitrogens is 2. The lowest BCUT2D eigenvalue weighted by Gasteiger charge is -2.17. The van der Waals surface area contributed by atoms with Gasteiger partial charge in [-0.05, 0) is 87.4 Å². The highest BCUT2D eigenvalue weighted by Gasteiger charge is 2.24. The van der Waals surface area contributed by atoms with Crippen LogP contribution in [-0.4, -0.2) is 94.4 Å². The Morgan fingerprint density at radius 2 is 1.49 bits per heavy atom. The lowest BCUT2D eigenvalue weighted by molar-refractivity contribution is -0.790. The van der Waals surface area contributed by atoms with Gasteiger partial charge in [-0.3, -0.25) is 4.68 Å². The van der Waals surface area contributed by atoms with Crippen LogP contribution < -0.4 is 14.2 Å². The van der Waals surface area contributed by atoms with Crippen LogP contribution in [0.4, 0.5) is 0 Å². The third-order valence-corrected chi connectivity index (χ3v) is 11.2. The molecule has 0 radical (unpaired) electrons. The molecular formula is C46H53ClN6O19. The van der Waals surface area contributed by atoms with E-state index >= 15 is 0 Å². The van der Waals surface area contributed by atoms with Crippen LogP contribution in [-0.2, 0) is 59.6 Å². The molecule has 72 heavy (non-hydrogen) atoms. The standard InChI is InChI=1S/C46H53ClN6O19/c1-3-4-18-49-44(40-16-15-36(47)26-43(40)68-28-32-11-5-6-14-39(32)46(55)67-20-10-8-13-38(72-53(62)63)30-70-51(58)59)35(27-48-49)23-34(22-33-25-42-31(17-21-65-42)24-41(33)64-2)45(54)66-19-9-7-12-37(71-52(60)61)29-69-50(56)57/h5-6,11,14-16,23-27,37-38H,3-4,7-10,12-13,17-22,28-30H2,1-2H3/b34-23+. The van der Waals surface area contributed by atoms with Gasteiger partial charge in [0.25, 0.3) is 20.3 Å². The Morgan fingerprint density at radius 3 is 2.12 bits per heavy atom. The summed E-state index contributed by atoms with van der Waals surface area (Å²) in [4.78, 5) is 87.9. The average Bonchev–Trinajstić information content (AvgIpc) is 3.98. The van der Waals surface area contributed by atoms with Crippen molar-refractivity contribution in [3.05, 3.63) is 140 Å². The predicted molar refractivity (Wildman–Crippen MR) is 251 cm³/mol. The highest BCUT2D eigenvalue weighted by Crippen LogP contribution is 2.38. The number of carbonyl (C=O) groups is 2. The van der Waals surface area contributed by atoms with Gasteiger partial charge in [-0.15, -0.1) is 40.5 Å². The highest BCUT2D eigenvalue weighted by atomic mass is 35.5. The number of unbranched alkanes of at least 4 members (excludes halogenated alkanes) is 3. The average molecular weight is 1030 g/mol. The van der Waals surface area contributed by atoms with Crippen LogP contribution in [0.1, 0.15) is 90.9 Å². The minimum Gasteiger partial charge on any atom is -0.496 e. The molecule has 0 saturated heterocycles. The first-order valence-electron chi connectivity index (χ1n) is 22.8. The SMILES string of the molecule is CCCCn1ncc(/C=C(\Cc2cc3c(cc2OC)CCO3)C(=O)OCCCCC(CO[N+](=O)[O-])O[N+](=O)[O-])c1-c1ccc(Cl)cc1OCc1ccccc1C(=O)OCCCCC(CO[N+](=O)[O-])O[N+](=O)[O-]. The Labute approximate surface area is 416 Å². The zero-order valence-corrected chi connectivity index (χ0v) is 40.1. The number of benzene rings is 3. The molecule has 4 aromatic rings. The third-order valence-electron chi connectivity index (χ3n) is 11.0. The number of hydrogen-bond donors (Lipinski definition) is 0. The monoisotopic (exact) mass is 1030 g/mol. The smallest absolute Gasteiger partial charge is 0.338 e. The first-order chi connectivity index (χ1) is 34.6. The van der Waals surface area contributed by atoms with E-state index in [0.29, 0.717) is 69.8 Å². The molecule has 1 aromatic heterocycles. The summed E-state index contributed by atoms with van der Waals surface area (Å²) in [5.41, 5.74) is 4.09. The van der Waals surface area contributed by atoms with Crippen molar-refractivity contribution in [3.8, 4) is 28.5 Å². The summed E-state index contributed by atoms with van der Waals surface area (Å²) in [5, 5.41) is 43.8. The molecule has 0 bridgehead atoms. The fraction of sp³-hybridized carbons (Fsp3) is 0.457. The molecule has 25 nitrogen and oxygen atoms in total. The van der Waals surface area contributed by atoms with Crippen molar-refractivity contribution in [1.29, 1.82) is 0 Å². The van der Waals surface area contributed by atoms with Gasteiger partial charge in [0.1, 0.15) is 49.3 Å². The largest absolute Gasteiger partial charge is 0.496 e. The number of halogens is 1. The van der Waals surface area contributed by atoms with Crippen molar-refractivity contribution in [2.24, 2.45) is 0 Å². The van der Waals surface area contributed by atoms with E-state index in [-0.39, 0.29) is 75.9 Å². The number of esters is 2. The maximum Gasteiger partial charge on any atom is 0.338 e. The van der Waals surface area contributed by atoms with Crippen LogP contribution in [0.3, 0.4) is 0 Å². The van der Waals surface area contributed by atoms with E-state index in [1.54, 1.807) is 59.4 Å². The Kier molecular flexibility index (Phi) is 21.4. The van der Waals surface area contributed by atoms with Crippen molar-refractivity contribution in [3.63, 3.8) is 0 Å². The van der Waals surface area contributed by atoms with Gasteiger partial charge in [0, 0.05) is 57.8 Å². The Hall–Kier alpha value is -7.96. The van der Waals surface area contributed by atoms with E-state index in [2.05, 4.69) is 19.4 Å². The van der Waals surface area contributed by atoms with Gasteiger partial charge >= 0.3 is 11.9 Å². The first kappa shape index (κ1) is 55.0. The van der Waals surface area contributed by atoms with Crippen LogP contribution in [0.2, 0.25) is 5.02 Å². The van der Waals surface area contributed by atoms with Crippen LogP contribution >= 0.6 is 11.6 Å². The third kappa shape index (κ3) is 17.2. The molecule has 0 fully saturated rings. The maximum absolute atomic E-state index is 14.2. The van der Waals surface area contributed by atoms with E-state index in [4.69, 9.17) is 40.4 Å². The van der Waals surface area contributed by atoms with Crippen molar-refractivity contribution < 1.29 is 73.0 Å². The molecular weight excluding hydrogens is 976 g/mol. The van der Waals surface area contributed by atoms with E-state index in [9.17, 15) is 50.0 Å². The van der Waals surface area contributed by atoms with Gasteiger partial charge in [-0.2, -0.15) is 5.10 Å². The number of aryl methyl sites for hydroxylation is 1. The van der Waals surface area contributed by atoms with Gasteiger partial charge in [0.2, 0.25) is 0 Å². The topological polar surface area (TPSA) is 308 Å². The Bertz CT molecular complexity index is 2560. The van der Waals surface area contributed by atoms with E-state index < -0.39 is 57.7 Å². The second kappa shape index (κ2) is 28.0. The summed E-state index contributed by atoms with van der Waals surface area (Å²) in [6, 6.07) is 15.4. The predicted octanol–water partition coefficient (Wildman–Crippen LogP) is 7.76. The van der Waals surface area contributed by atoms with Crippen molar-refractivity contribution in [2.45, 2.75) is 96.5 Å². The number of hydrogen-bond acceptors (Lipinski definition) is 20. The second-order valence-electron chi connectivity index (χ2n) is 16.0. The van der Waals surface area contributed by atoms with E-state index in [1.165, 1.54) is 7.11 Å². The fourth-order valence-electron chi connectivity index (χ4n) is 7.55. The van der Waals surface area contributed by atoms with Crippen LogP contribution in [0.15, 0.2) is 66.4 Å². The normalized spacial score (nSPS) is 12.6. The molecule has 0 N–H and O–H groups in total. The molecule has 2 unspecified atom stereocenters. The molecule has 0 saturated carbocycles. The minimum atomic E-state index is -1.22. The zero-order chi connectivity index (χ0) is 52.0. The van der Waals surface area contributed by atoms with E-state index in [1.807, 2.05) is 19.1 Å². The number of nitrogens with zero attached hydrogens (tertiary/aromatic N) is 6. The molecule has 3 aromatic carbocycles. The molecule has 388 valence electrons. The summed E-state index contributed by atoms with van der Waals surface area (Å²) in [6.45, 7) is 1.40. The Balaban J connectivity index is 1.39. The van der Waals surface area contributed by atoms with Crippen LogP contribution in [0.5, 0.6) is 17.2 Å². The summed E-state index contributed by atoms with van der Waals surface area (Å²) >= 11 is 6.57. The Morgan fingerprint density at radius 1 is 0.819 bits per heavy atom. The van der Waals surface area contributed by atoms with Gasteiger partial charge in [0.05, 0.1) is 44.4 Å². The second-order valence-corrected chi connectivity index (χ2v) is 16.5.